The van der Waals surface area contributed by atoms with E-state index in [0.717, 1.165) is 12.8 Å². The van der Waals surface area contributed by atoms with Crippen molar-refractivity contribution in [2.45, 2.75) is 18.9 Å². The van der Waals surface area contributed by atoms with E-state index in [1.54, 1.807) is 20.2 Å². The van der Waals surface area contributed by atoms with Crippen molar-refractivity contribution in [3.63, 3.8) is 0 Å². The average molecular weight is 223 g/mol. The van der Waals surface area contributed by atoms with Gasteiger partial charge in [-0.15, -0.1) is 0 Å². The first-order valence-electron chi connectivity index (χ1n) is 5.25. The van der Waals surface area contributed by atoms with Crippen LogP contribution in [0.5, 0.6) is 5.75 Å². The highest BCUT2D eigenvalue weighted by molar-refractivity contribution is 5.94. The number of rotatable bonds is 3. The lowest BCUT2D eigenvalue weighted by molar-refractivity contribution is 0.0826. The zero-order valence-corrected chi connectivity index (χ0v) is 9.37. The minimum absolute atomic E-state index is 0.198. The van der Waals surface area contributed by atoms with E-state index in [1.807, 2.05) is 0 Å². The summed E-state index contributed by atoms with van der Waals surface area (Å²) in [5.41, 5.74) is 0.320. The molecule has 86 valence electrons. The third kappa shape index (κ3) is 2.51. The van der Waals surface area contributed by atoms with Gasteiger partial charge >= 0.3 is 0 Å². The molecule has 2 rings (SSSR count). The van der Waals surface area contributed by atoms with Gasteiger partial charge in [0, 0.05) is 25.7 Å². The maximum atomic E-state index is 13.3. The number of nitrogens with zero attached hydrogens (tertiary/aromatic N) is 1. The molecule has 3 nitrogen and oxygen atoms in total. The highest BCUT2D eigenvalue weighted by atomic mass is 19.1. The number of carbonyl (C=O) groups excluding carboxylic acids is 1. The molecule has 0 unspecified atom stereocenters. The van der Waals surface area contributed by atoms with E-state index in [1.165, 1.54) is 17.0 Å². The van der Waals surface area contributed by atoms with Crippen molar-refractivity contribution in [2.24, 2.45) is 0 Å². The van der Waals surface area contributed by atoms with Gasteiger partial charge in [0.05, 0.1) is 6.10 Å². The summed E-state index contributed by atoms with van der Waals surface area (Å²) in [4.78, 5) is 13.1. The molecule has 16 heavy (non-hydrogen) atoms. The largest absolute Gasteiger partial charge is 0.490 e. The van der Waals surface area contributed by atoms with Gasteiger partial charge in [0.15, 0.2) is 0 Å². The van der Waals surface area contributed by atoms with Crippen molar-refractivity contribution in [1.29, 1.82) is 0 Å². The second-order valence-electron chi connectivity index (χ2n) is 4.19. The zero-order valence-electron chi connectivity index (χ0n) is 9.37. The molecule has 1 aliphatic carbocycles. The molecule has 0 spiro atoms. The number of ether oxygens (including phenoxy) is 1. The summed E-state index contributed by atoms with van der Waals surface area (Å²) in [6, 6.07) is 4.12. The first-order chi connectivity index (χ1) is 7.56. The van der Waals surface area contributed by atoms with Gasteiger partial charge in [-0.3, -0.25) is 4.79 Å². The minimum atomic E-state index is -0.441. The lowest BCUT2D eigenvalue weighted by Crippen LogP contribution is -2.21. The molecular weight excluding hydrogens is 209 g/mol. The van der Waals surface area contributed by atoms with E-state index in [2.05, 4.69) is 0 Å². The van der Waals surface area contributed by atoms with Gasteiger partial charge < -0.3 is 9.64 Å². The molecule has 1 aliphatic rings. The Balaban J connectivity index is 2.23. The van der Waals surface area contributed by atoms with Crippen LogP contribution in [0.4, 0.5) is 4.39 Å². The van der Waals surface area contributed by atoms with Gasteiger partial charge in [-0.05, 0) is 25.0 Å². The first-order valence-corrected chi connectivity index (χ1v) is 5.25. The Morgan fingerprint density at radius 1 is 1.38 bits per heavy atom. The summed E-state index contributed by atoms with van der Waals surface area (Å²) < 4.78 is 18.7. The van der Waals surface area contributed by atoms with Crippen molar-refractivity contribution < 1.29 is 13.9 Å². The molecule has 4 heteroatoms. The number of hydrogen-bond acceptors (Lipinski definition) is 2. The second-order valence-corrected chi connectivity index (χ2v) is 4.19. The predicted molar refractivity (Wildman–Crippen MR) is 58.1 cm³/mol. The molecule has 0 heterocycles. The second kappa shape index (κ2) is 4.12. The monoisotopic (exact) mass is 223 g/mol. The Bertz CT molecular complexity index is 413. The number of carbonyl (C=O) groups is 1. The van der Waals surface area contributed by atoms with E-state index in [9.17, 15) is 9.18 Å². The highest BCUT2D eigenvalue weighted by Gasteiger charge is 2.24. The normalized spacial score (nSPS) is 14.7. The van der Waals surface area contributed by atoms with Crippen molar-refractivity contribution in [2.75, 3.05) is 14.1 Å². The van der Waals surface area contributed by atoms with Crippen LogP contribution >= 0.6 is 0 Å². The van der Waals surface area contributed by atoms with Crippen LogP contribution < -0.4 is 4.74 Å². The van der Waals surface area contributed by atoms with Gasteiger partial charge in [0.1, 0.15) is 11.6 Å². The van der Waals surface area contributed by atoms with Crippen LogP contribution in [0.15, 0.2) is 18.2 Å². The van der Waals surface area contributed by atoms with Crippen molar-refractivity contribution in [1.82, 2.24) is 4.90 Å². The van der Waals surface area contributed by atoms with E-state index >= 15 is 0 Å². The van der Waals surface area contributed by atoms with Crippen LogP contribution in [0, 0.1) is 5.82 Å². The van der Waals surface area contributed by atoms with Crippen LogP contribution in [0.25, 0.3) is 0 Å². The lowest BCUT2D eigenvalue weighted by atomic mass is 10.2. The van der Waals surface area contributed by atoms with E-state index in [4.69, 9.17) is 4.74 Å². The fourth-order valence-corrected chi connectivity index (χ4v) is 1.39. The quantitative estimate of drug-likeness (QED) is 0.785. The summed E-state index contributed by atoms with van der Waals surface area (Å²) >= 11 is 0. The van der Waals surface area contributed by atoms with Gasteiger partial charge in [-0.25, -0.2) is 4.39 Å². The van der Waals surface area contributed by atoms with Gasteiger partial charge in [-0.2, -0.15) is 0 Å². The van der Waals surface area contributed by atoms with E-state index in [-0.39, 0.29) is 12.0 Å². The standard InChI is InChI=1S/C12H14FNO2/c1-14(2)12(15)8-5-9(13)7-11(6-8)16-10-3-4-10/h5-7,10H,3-4H2,1-2H3. The van der Waals surface area contributed by atoms with Crippen molar-refractivity contribution in [3.05, 3.63) is 29.6 Å². The Labute approximate surface area is 93.8 Å². The molecule has 1 amide bonds. The zero-order chi connectivity index (χ0) is 11.7. The Kier molecular flexibility index (Phi) is 2.81. The third-order valence-corrected chi connectivity index (χ3v) is 2.35. The predicted octanol–water partition coefficient (Wildman–Crippen LogP) is 2.07. The maximum absolute atomic E-state index is 13.3. The number of benzene rings is 1. The molecular formula is C12H14FNO2. The lowest BCUT2D eigenvalue weighted by Gasteiger charge is -2.12. The van der Waals surface area contributed by atoms with Crippen LogP contribution in [-0.4, -0.2) is 31.0 Å². The Morgan fingerprint density at radius 3 is 2.62 bits per heavy atom. The smallest absolute Gasteiger partial charge is 0.253 e. The Morgan fingerprint density at radius 2 is 2.06 bits per heavy atom. The van der Waals surface area contributed by atoms with Crippen molar-refractivity contribution >= 4 is 5.91 Å². The number of amides is 1. The SMILES string of the molecule is CN(C)C(=O)c1cc(F)cc(OC2CC2)c1. The molecule has 0 radical (unpaired) electrons. The highest BCUT2D eigenvalue weighted by Crippen LogP contribution is 2.28. The Hall–Kier alpha value is -1.58. The molecule has 0 saturated heterocycles. The molecule has 1 aromatic rings. The molecule has 0 bridgehead atoms. The molecule has 0 aromatic heterocycles. The van der Waals surface area contributed by atoms with Crippen molar-refractivity contribution in [3.8, 4) is 5.75 Å². The fraction of sp³-hybridized carbons (Fsp3) is 0.417. The first kappa shape index (κ1) is 10.9. The summed E-state index contributed by atoms with van der Waals surface area (Å²) in [6.45, 7) is 0. The average Bonchev–Trinajstić information content (AvgIpc) is 2.99. The minimum Gasteiger partial charge on any atom is -0.490 e. The summed E-state index contributed by atoms with van der Waals surface area (Å²) in [5.74, 6) is -0.226. The van der Waals surface area contributed by atoms with Gasteiger partial charge in [-0.1, -0.05) is 0 Å². The van der Waals surface area contributed by atoms with Crippen LogP contribution in [0.3, 0.4) is 0 Å². The third-order valence-electron chi connectivity index (χ3n) is 2.35. The summed E-state index contributed by atoms with van der Waals surface area (Å²) in [5, 5.41) is 0. The number of hydrogen-bond donors (Lipinski definition) is 0. The molecule has 0 atom stereocenters. The molecule has 0 N–H and O–H groups in total. The summed E-state index contributed by atoms with van der Waals surface area (Å²) in [6.07, 6.45) is 2.21. The van der Waals surface area contributed by atoms with Crippen LogP contribution in [0.2, 0.25) is 0 Å². The topological polar surface area (TPSA) is 29.5 Å². The fourth-order valence-electron chi connectivity index (χ4n) is 1.39. The maximum Gasteiger partial charge on any atom is 0.253 e. The van der Waals surface area contributed by atoms with Crippen LogP contribution in [0.1, 0.15) is 23.2 Å². The summed E-state index contributed by atoms with van der Waals surface area (Å²) in [7, 11) is 3.27. The number of halogens is 1. The molecule has 1 saturated carbocycles. The molecule has 1 fully saturated rings. The van der Waals surface area contributed by atoms with E-state index < -0.39 is 5.82 Å². The van der Waals surface area contributed by atoms with E-state index in [0.29, 0.717) is 11.3 Å². The molecule has 0 aliphatic heterocycles. The van der Waals surface area contributed by atoms with Gasteiger partial charge in [0.2, 0.25) is 0 Å². The van der Waals surface area contributed by atoms with Gasteiger partial charge in [0.25, 0.3) is 5.91 Å². The molecule has 1 aromatic carbocycles. The van der Waals surface area contributed by atoms with Crippen LogP contribution in [-0.2, 0) is 0 Å².